The highest BCUT2D eigenvalue weighted by Gasteiger charge is 2.15. The summed E-state index contributed by atoms with van der Waals surface area (Å²) >= 11 is 0. The molecule has 2 N–H and O–H groups in total. The van der Waals surface area contributed by atoms with Gasteiger partial charge in [-0.3, -0.25) is 0 Å². The van der Waals surface area contributed by atoms with Crippen LogP contribution in [-0.4, -0.2) is 35.8 Å². The van der Waals surface area contributed by atoms with E-state index in [1.165, 1.54) is 14.2 Å². The van der Waals surface area contributed by atoms with Crippen LogP contribution in [0.4, 0.5) is 5.95 Å². The predicted molar refractivity (Wildman–Crippen MR) is 52.2 cm³/mol. The molecule has 0 saturated heterocycles. The topological polar surface area (TPSA) is 92.4 Å². The Labute approximate surface area is 87.6 Å². The van der Waals surface area contributed by atoms with Gasteiger partial charge >= 0.3 is 6.01 Å². The Bertz CT molecular complexity index is 317. The van der Waals surface area contributed by atoms with Crippen molar-refractivity contribution in [3.8, 4) is 6.01 Å². The maximum Gasteiger partial charge on any atom is 0.321 e. The van der Waals surface area contributed by atoms with Crippen molar-refractivity contribution in [3.05, 3.63) is 5.82 Å². The number of hydrogen-bond acceptors (Lipinski definition) is 7. The summed E-state index contributed by atoms with van der Waals surface area (Å²) < 4.78 is 15.1. The van der Waals surface area contributed by atoms with Crippen molar-refractivity contribution in [2.45, 2.75) is 13.2 Å². The lowest BCUT2D eigenvalue weighted by Gasteiger charge is -2.12. The van der Waals surface area contributed by atoms with Gasteiger partial charge in [-0.05, 0) is 6.92 Å². The van der Waals surface area contributed by atoms with E-state index < -0.39 is 6.29 Å². The fourth-order valence-corrected chi connectivity index (χ4v) is 0.994. The van der Waals surface area contributed by atoms with Gasteiger partial charge in [0.25, 0.3) is 0 Å². The highest BCUT2D eigenvalue weighted by molar-refractivity contribution is 5.18. The van der Waals surface area contributed by atoms with Crippen LogP contribution < -0.4 is 10.5 Å². The Morgan fingerprint density at radius 2 is 1.87 bits per heavy atom. The molecule has 0 radical (unpaired) electrons. The van der Waals surface area contributed by atoms with Gasteiger partial charge in [0.1, 0.15) is 0 Å². The standard InChI is InChI=1S/C8H14N4O3/c1-4-15-8-11-5(6(13-2)14-3)10-7(9)12-8/h6H,4H2,1-3H3,(H2,9,10,11,12). The second kappa shape index (κ2) is 5.42. The number of nitrogens with two attached hydrogens (primary N) is 1. The first-order chi connectivity index (χ1) is 7.21. The summed E-state index contributed by atoms with van der Waals surface area (Å²) in [6.45, 7) is 2.28. The smallest absolute Gasteiger partial charge is 0.321 e. The SMILES string of the molecule is CCOc1nc(N)nc(C(OC)OC)n1. The lowest BCUT2D eigenvalue weighted by atomic mass is 10.5. The lowest BCUT2D eigenvalue weighted by molar-refractivity contribution is -0.111. The average molecular weight is 214 g/mol. The number of rotatable bonds is 5. The van der Waals surface area contributed by atoms with Gasteiger partial charge in [0.2, 0.25) is 12.2 Å². The summed E-state index contributed by atoms with van der Waals surface area (Å²) in [6.07, 6.45) is -0.672. The molecule has 84 valence electrons. The molecule has 0 aliphatic carbocycles. The van der Waals surface area contributed by atoms with Crippen LogP contribution in [0.2, 0.25) is 0 Å². The normalized spacial score (nSPS) is 10.7. The van der Waals surface area contributed by atoms with Crippen LogP contribution in [0, 0.1) is 0 Å². The van der Waals surface area contributed by atoms with Gasteiger partial charge in [0, 0.05) is 14.2 Å². The molecule has 0 fully saturated rings. The minimum absolute atomic E-state index is 0.0718. The molecule has 7 heteroatoms. The maximum absolute atomic E-state index is 5.48. The first-order valence-corrected chi connectivity index (χ1v) is 4.41. The lowest BCUT2D eigenvalue weighted by Crippen LogP contribution is -2.13. The highest BCUT2D eigenvalue weighted by Crippen LogP contribution is 2.15. The van der Waals surface area contributed by atoms with Crippen molar-refractivity contribution < 1.29 is 14.2 Å². The number of hydrogen-bond donors (Lipinski definition) is 1. The Kier molecular flexibility index (Phi) is 4.19. The van der Waals surface area contributed by atoms with Crippen LogP contribution in [0.5, 0.6) is 6.01 Å². The van der Waals surface area contributed by atoms with Crippen molar-refractivity contribution in [2.24, 2.45) is 0 Å². The van der Waals surface area contributed by atoms with Crippen LogP contribution in [0.15, 0.2) is 0 Å². The molecule has 1 aromatic rings. The van der Waals surface area contributed by atoms with E-state index in [9.17, 15) is 0 Å². The molecule has 0 aliphatic heterocycles. The van der Waals surface area contributed by atoms with Gasteiger partial charge in [-0.1, -0.05) is 0 Å². The van der Waals surface area contributed by atoms with E-state index >= 15 is 0 Å². The van der Waals surface area contributed by atoms with Crippen LogP contribution in [0.25, 0.3) is 0 Å². The molecule has 0 aromatic carbocycles. The minimum atomic E-state index is -0.672. The van der Waals surface area contributed by atoms with Crippen LogP contribution in [0.1, 0.15) is 19.0 Å². The average Bonchev–Trinajstić information content (AvgIpc) is 2.19. The summed E-state index contributed by atoms with van der Waals surface area (Å²) in [6, 6.07) is 0.166. The Balaban J connectivity index is 2.96. The van der Waals surface area contributed by atoms with Crippen LogP contribution in [-0.2, 0) is 9.47 Å². The molecular weight excluding hydrogens is 200 g/mol. The molecule has 0 saturated carbocycles. The second-order valence-corrected chi connectivity index (χ2v) is 2.57. The molecule has 1 aromatic heterocycles. The van der Waals surface area contributed by atoms with Gasteiger partial charge in [-0.2, -0.15) is 15.0 Å². The summed E-state index contributed by atoms with van der Waals surface area (Å²) in [5, 5.41) is 0. The third-order valence-electron chi connectivity index (χ3n) is 1.56. The number of nitrogen functional groups attached to an aromatic ring is 1. The highest BCUT2D eigenvalue weighted by atomic mass is 16.7. The summed E-state index contributed by atoms with van der Waals surface area (Å²) in [7, 11) is 2.96. The summed E-state index contributed by atoms with van der Waals surface area (Å²) in [4.78, 5) is 11.7. The number of nitrogens with zero attached hydrogens (tertiary/aromatic N) is 3. The fourth-order valence-electron chi connectivity index (χ4n) is 0.994. The third kappa shape index (κ3) is 3.00. The molecule has 7 nitrogen and oxygen atoms in total. The molecule has 0 unspecified atom stereocenters. The van der Waals surface area contributed by atoms with Gasteiger partial charge in [-0.15, -0.1) is 0 Å². The van der Waals surface area contributed by atoms with Gasteiger partial charge in [-0.25, -0.2) is 0 Å². The molecule has 0 aliphatic rings. The number of anilines is 1. The Morgan fingerprint density at radius 3 is 2.40 bits per heavy atom. The van der Waals surface area contributed by atoms with Gasteiger partial charge < -0.3 is 19.9 Å². The number of methoxy groups -OCH3 is 2. The molecule has 0 spiro atoms. The van der Waals surface area contributed by atoms with E-state index in [0.29, 0.717) is 6.61 Å². The van der Waals surface area contributed by atoms with E-state index in [1.807, 2.05) is 6.92 Å². The zero-order valence-electron chi connectivity index (χ0n) is 8.93. The van der Waals surface area contributed by atoms with E-state index in [2.05, 4.69) is 15.0 Å². The van der Waals surface area contributed by atoms with E-state index in [4.69, 9.17) is 19.9 Å². The minimum Gasteiger partial charge on any atom is -0.464 e. The predicted octanol–water partition coefficient (Wildman–Crippen LogP) is 0.144. The second-order valence-electron chi connectivity index (χ2n) is 2.57. The molecule has 15 heavy (non-hydrogen) atoms. The maximum atomic E-state index is 5.48. The number of ether oxygens (including phenoxy) is 3. The van der Waals surface area contributed by atoms with E-state index in [1.54, 1.807) is 0 Å². The van der Waals surface area contributed by atoms with Crippen molar-refractivity contribution >= 4 is 5.95 Å². The number of aromatic nitrogens is 3. The molecule has 1 rings (SSSR count). The zero-order valence-corrected chi connectivity index (χ0v) is 8.93. The molecule has 0 bridgehead atoms. The summed E-state index contributed by atoms with van der Waals surface area (Å²) in [5.74, 6) is 0.360. The molecule has 0 atom stereocenters. The fraction of sp³-hybridized carbons (Fsp3) is 0.625. The molecular formula is C8H14N4O3. The first-order valence-electron chi connectivity index (χ1n) is 4.41. The molecule has 0 amide bonds. The quantitative estimate of drug-likeness (QED) is 0.697. The Hall–Kier alpha value is -1.47. The Morgan fingerprint density at radius 1 is 1.20 bits per heavy atom. The van der Waals surface area contributed by atoms with Crippen molar-refractivity contribution in [1.29, 1.82) is 0 Å². The third-order valence-corrected chi connectivity index (χ3v) is 1.56. The van der Waals surface area contributed by atoms with Crippen LogP contribution in [0.3, 0.4) is 0 Å². The van der Waals surface area contributed by atoms with E-state index in [0.717, 1.165) is 0 Å². The monoisotopic (exact) mass is 214 g/mol. The van der Waals surface area contributed by atoms with Gasteiger partial charge in [0.15, 0.2) is 5.82 Å². The zero-order chi connectivity index (χ0) is 11.3. The van der Waals surface area contributed by atoms with E-state index in [-0.39, 0.29) is 17.8 Å². The van der Waals surface area contributed by atoms with Crippen LogP contribution >= 0.6 is 0 Å². The van der Waals surface area contributed by atoms with Crippen molar-refractivity contribution in [2.75, 3.05) is 26.6 Å². The van der Waals surface area contributed by atoms with Crippen molar-refractivity contribution in [1.82, 2.24) is 15.0 Å². The molecule has 1 heterocycles. The summed E-state index contributed by atoms with van der Waals surface area (Å²) in [5.41, 5.74) is 5.48. The van der Waals surface area contributed by atoms with Gasteiger partial charge in [0.05, 0.1) is 6.61 Å². The first kappa shape index (κ1) is 11.6. The largest absolute Gasteiger partial charge is 0.464 e. The van der Waals surface area contributed by atoms with Crippen molar-refractivity contribution in [3.63, 3.8) is 0 Å².